The van der Waals surface area contributed by atoms with Crippen LogP contribution in [0.3, 0.4) is 0 Å². The van der Waals surface area contributed by atoms with E-state index in [4.69, 9.17) is 9.26 Å². The van der Waals surface area contributed by atoms with Gasteiger partial charge in [-0.25, -0.2) is 0 Å². The number of benzene rings is 2. The smallest absolute Gasteiger partial charge is 0.237 e. The van der Waals surface area contributed by atoms with Gasteiger partial charge in [0.2, 0.25) is 16.8 Å². The number of rotatable bonds is 7. The van der Waals surface area contributed by atoms with E-state index in [0.717, 1.165) is 20.7 Å². The molecule has 2 aromatic heterocycles. The zero-order valence-corrected chi connectivity index (χ0v) is 16.0. The van der Waals surface area contributed by atoms with Crippen LogP contribution in [0.5, 0.6) is 5.75 Å². The molecule has 0 bridgehead atoms. The fraction of sp³-hybridized carbons (Fsp3) is 0.111. The van der Waals surface area contributed by atoms with Crippen LogP contribution in [0.1, 0.15) is 5.89 Å². The van der Waals surface area contributed by atoms with Crippen LogP contribution in [-0.2, 0) is 5.75 Å². The molecule has 0 aliphatic carbocycles. The molecule has 136 valence electrons. The van der Waals surface area contributed by atoms with E-state index in [-0.39, 0.29) is 0 Å². The molecule has 4 aromatic rings. The first-order chi connectivity index (χ1) is 13.3. The molecule has 0 atom stereocenters. The average molecular weight is 397 g/mol. The minimum absolute atomic E-state index is 0.506. The van der Waals surface area contributed by atoms with Crippen molar-refractivity contribution < 1.29 is 9.26 Å². The minimum atomic E-state index is 0.506. The molecule has 0 saturated carbocycles. The number of hydrogen-bond donors (Lipinski definition) is 1. The number of anilines is 2. The Bertz CT molecular complexity index is 1020. The molecule has 0 amide bonds. The molecule has 0 saturated heterocycles. The molecular weight excluding hydrogens is 382 g/mol. The Morgan fingerprint density at radius 2 is 1.89 bits per heavy atom. The highest BCUT2D eigenvalue weighted by Crippen LogP contribution is 2.31. The molecule has 0 aliphatic heterocycles. The molecule has 0 fully saturated rings. The van der Waals surface area contributed by atoms with Gasteiger partial charge in [-0.3, -0.25) is 0 Å². The molecular formula is C18H15N5O2S2. The van der Waals surface area contributed by atoms with Crippen molar-refractivity contribution in [3.8, 4) is 17.1 Å². The van der Waals surface area contributed by atoms with Gasteiger partial charge in [0.25, 0.3) is 0 Å². The van der Waals surface area contributed by atoms with Crippen LogP contribution >= 0.6 is 23.1 Å². The second kappa shape index (κ2) is 8.19. The highest BCUT2D eigenvalue weighted by atomic mass is 32.2. The van der Waals surface area contributed by atoms with Gasteiger partial charge in [-0.2, -0.15) is 4.98 Å². The lowest BCUT2D eigenvalue weighted by Crippen LogP contribution is -1.89. The molecule has 0 unspecified atom stereocenters. The number of hydrogen-bond acceptors (Lipinski definition) is 9. The van der Waals surface area contributed by atoms with Crippen LogP contribution in [0.4, 0.5) is 10.8 Å². The largest absolute Gasteiger partial charge is 0.496 e. The fourth-order valence-corrected chi connectivity index (χ4v) is 3.95. The van der Waals surface area contributed by atoms with Crippen molar-refractivity contribution in [2.75, 3.05) is 12.4 Å². The third-order valence-electron chi connectivity index (χ3n) is 3.57. The monoisotopic (exact) mass is 397 g/mol. The lowest BCUT2D eigenvalue weighted by atomic mass is 10.2. The summed E-state index contributed by atoms with van der Waals surface area (Å²) in [4.78, 5) is 4.44. The van der Waals surface area contributed by atoms with Crippen molar-refractivity contribution in [2.45, 2.75) is 10.1 Å². The summed E-state index contributed by atoms with van der Waals surface area (Å²) in [6.45, 7) is 0. The Labute approximate surface area is 163 Å². The van der Waals surface area contributed by atoms with E-state index in [1.54, 1.807) is 7.11 Å². The minimum Gasteiger partial charge on any atom is -0.496 e. The first-order valence-corrected chi connectivity index (χ1v) is 9.86. The third kappa shape index (κ3) is 4.26. The fourth-order valence-electron chi connectivity index (χ4n) is 2.34. The lowest BCUT2D eigenvalue weighted by molar-refractivity contribution is 0.390. The van der Waals surface area contributed by atoms with Crippen molar-refractivity contribution in [2.24, 2.45) is 0 Å². The Balaban J connectivity index is 1.39. The van der Waals surface area contributed by atoms with Crippen molar-refractivity contribution in [1.29, 1.82) is 0 Å². The maximum atomic E-state index is 5.35. The van der Waals surface area contributed by atoms with Crippen molar-refractivity contribution >= 4 is 33.9 Å². The van der Waals surface area contributed by atoms with E-state index >= 15 is 0 Å². The van der Waals surface area contributed by atoms with Crippen LogP contribution < -0.4 is 10.1 Å². The second-order valence-corrected chi connectivity index (χ2v) is 7.56. The average Bonchev–Trinajstić information content (AvgIpc) is 3.36. The summed E-state index contributed by atoms with van der Waals surface area (Å²) < 4.78 is 11.5. The first-order valence-electron chi connectivity index (χ1n) is 8.06. The Morgan fingerprint density at radius 1 is 1.07 bits per heavy atom. The summed E-state index contributed by atoms with van der Waals surface area (Å²) >= 11 is 2.98. The zero-order chi connectivity index (χ0) is 18.5. The zero-order valence-electron chi connectivity index (χ0n) is 14.3. The standard InChI is InChI=1S/C18H15N5O2S2/c1-24-14-10-6-5-9-13(14)16-20-15(25-23-16)11-26-18-22-21-17(27-18)19-12-7-3-2-4-8-12/h2-10H,11H2,1H3,(H,19,21). The molecule has 0 aliphatic rings. The number of ether oxygens (including phenoxy) is 1. The summed E-state index contributed by atoms with van der Waals surface area (Å²) in [6.07, 6.45) is 0. The Hall–Kier alpha value is -2.91. The predicted octanol–water partition coefficient (Wildman–Crippen LogP) is 4.63. The highest BCUT2D eigenvalue weighted by molar-refractivity contribution is 8.00. The van der Waals surface area contributed by atoms with Gasteiger partial charge in [0.05, 0.1) is 18.4 Å². The first kappa shape index (κ1) is 17.5. The number of nitrogens with zero attached hydrogens (tertiary/aromatic N) is 4. The van der Waals surface area contributed by atoms with Gasteiger partial charge >= 0.3 is 0 Å². The molecule has 0 radical (unpaired) electrons. The summed E-state index contributed by atoms with van der Waals surface area (Å²) in [5, 5.41) is 16.3. The Morgan fingerprint density at radius 3 is 2.74 bits per heavy atom. The van der Waals surface area contributed by atoms with Gasteiger partial charge in [0.1, 0.15) is 5.75 Å². The summed E-state index contributed by atoms with van der Waals surface area (Å²) in [5.74, 6) is 2.25. The molecule has 2 aromatic carbocycles. The molecule has 27 heavy (non-hydrogen) atoms. The van der Waals surface area contributed by atoms with E-state index in [9.17, 15) is 0 Å². The van der Waals surface area contributed by atoms with E-state index in [1.165, 1.54) is 23.1 Å². The van der Waals surface area contributed by atoms with Gasteiger partial charge in [0.15, 0.2) is 4.34 Å². The quantitative estimate of drug-likeness (QED) is 0.452. The summed E-state index contributed by atoms with van der Waals surface area (Å²) in [6, 6.07) is 17.4. The van der Waals surface area contributed by atoms with E-state index in [0.29, 0.717) is 23.2 Å². The second-order valence-electron chi connectivity index (χ2n) is 5.36. The Kier molecular flexibility index (Phi) is 5.31. The van der Waals surface area contributed by atoms with Crippen LogP contribution in [-0.4, -0.2) is 27.4 Å². The number of aromatic nitrogens is 4. The van der Waals surface area contributed by atoms with Crippen molar-refractivity contribution in [3.05, 3.63) is 60.5 Å². The lowest BCUT2D eigenvalue weighted by Gasteiger charge is -2.02. The van der Waals surface area contributed by atoms with E-state index < -0.39 is 0 Å². The number of thioether (sulfide) groups is 1. The molecule has 2 heterocycles. The number of methoxy groups -OCH3 is 1. The van der Waals surface area contributed by atoms with Gasteiger partial charge in [0, 0.05) is 5.69 Å². The van der Waals surface area contributed by atoms with E-state index in [2.05, 4.69) is 25.7 Å². The topological polar surface area (TPSA) is 86.0 Å². The number of para-hydroxylation sites is 2. The molecule has 0 spiro atoms. The highest BCUT2D eigenvalue weighted by Gasteiger charge is 2.14. The maximum absolute atomic E-state index is 5.35. The SMILES string of the molecule is COc1ccccc1-c1noc(CSc2nnc(Nc3ccccc3)s2)n1. The molecule has 7 nitrogen and oxygen atoms in total. The van der Waals surface area contributed by atoms with Crippen LogP contribution in [0.15, 0.2) is 63.5 Å². The van der Waals surface area contributed by atoms with Crippen LogP contribution in [0.2, 0.25) is 0 Å². The number of nitrogens with one attached hydrogen (secondary N) is 1. The van der Waals surface area contributed by atoms with Gasteiger partial charge < -0.3 is 14.6 Å². The van der Waals surface area contributed by atoms with Crippen molar-refractivity contribution in [1.82, 2.24) is 20.3 Å². The predicted molar refractivity (Wildman–Crippen MR) is 105 cm³/mol. The van der Waals surface area contributed by atoms with Crippen LogP contribution in [0.25, 0.3) is 11.4 Å². The molecule has 1 N–H and O–H groups in total. The maximum Gasteiger partial charge on any atom is 0.237 e. The van der Waals surface area contributed by atoms with Crippen LogP contribution in [0, 0.1) is 0 Å². The molecule has 9 heteroatoms. The summed E-state index contributed by atoms with van der Waals surface area (Å²) in [5.41, 5.74) is 1.77. The third-order valence-corrected chi connectivity index (χ3v) is 5.52. The summed E-state index contributed by atoms with van der Waals surface area (Å²) in [7, 11) is 1.62. The van der Waals surface area contributed by atoms with Gasteiger partial charge in [-0.05, 0) is 24.3 Å². The van der Waals surface area contributed by atoms with Gasteiger partial charge in [-0.1, -0.05) is 58.6 Å². The van der Waals surface area contributed by atoms with E-state index in [1.807, 2.05) is 54.6 Å². The van der Waals surface area contributed by atoms with Crippen molar-refractivity contribution in [3.63, 3.8) is 0 Å². The van der Waals surface area contributed by atoms with Gasteiger partial charge in [-0.15, -0.1) is 10.2 Å². The molecule has 4 rings (SSSR count). The normalized spacial score (nSPS) is 10.7.